The fourth-order valence-corrected chi connectivity index (χ4v) is 4.36. The van der Waals surface area contributed by atoms with Crippen molar-refractivity contribution in [2.24, 2.45) is 5.92 Å². The number of carbonyl (C=O) groups is 2. The van der Waals surface area contributed by atoms with E-state index >= 15 is 0 Å². The van der Waals surface area contributed by atoms with E-state index in [1.807, 2.05) is 9.80 Å². The van der Waals surface area contributed by atoms with Crippen LogP contribution >= 0.6 is 0 Å². The number of morpholine rings is 1. The average Bonchev–Trinajstić information content (AvgIpc) is 2.78. The van der Waals surface area contributed by atoms with Gasteiger partial charge >= 0.3 is 0 Å². The monoisotopic (exact) mass is 353 g/mol. The van der Waals surface area contributed by atoms with Gasteiger partial charge in [-0.05, 0) is 25.2 Å². The van der Waals surface area contributed by atoms with Crippen LogP contribution < -0.4 is 0 Å². The highest BCUT2D eigenvalue weighted by atomic mass is 16.5. The van der Waals surface area contributed by atoms with Gasteiger partial charge in [0.1, 0.15) is 0 Å². The molecule has 7 nitrogen and oxygen atoms in total. The SMILES string of the molecule is COCCN1C(=O)CCC[C@H]2CN(CC(=O)N3CCOCC3)CC[C@H]21. The first-order chi connectivity index (χ1) is 12.2. The van der Waals surface area contributed by atoms with Gasteiger partial charge in [0.05, 0.1) is 26.4 Å². The van der Waals surface area contributed by atoms with Crippen LogP contribution in [0.4, 0.5) is 0 Å². The fraction of sp³-hybridized carbons (Fsp3) is 0.889. The topological polar surface area (TPSA) is 62.3 Å². The third kappa shape index (κ3) is 4.71. The number of likely N-dealkylation sites (tertiary alicyclic amines) is 2. The lowest BCUT2D eigenvalue weighted by Gasteiger charge is -2.43. The lowest BCUT2D eigenvalue weighted by Crippen LogP contribution is -2.54. The zero-order valence-corrected chi connectivity index (χ0v) is 15.3. The van der Waals surface area contributed by atoms with Gasteiger partial charge in [-0.25, -0.2) is 0 Å². The molecule has 3 rings (SSSR count). The molecule has 0 spiro atoms. The van der Waals surface area contributed by atoms with Crippen molar-refractivity contribution in [3.63, 3.8) is 0 Å². The summed E-state index contributed by atoms with van der Waals surface area (Å²) >= 11 is 0. The molecule has 0 aromatic carbocycles. The van der Waals surface area contributed by atoms with E-state index in [4.69, 9.17) is 9.47 Å². The van der Waals surface area contributed by atoms with Crippen molar-refractivity contribution < 1.29 is 19.1 Å². The van der Waals surface area contributed by atoms with Gasteiger partial charge in [0.15, 0.2) is 0 Å². The molecule has 0 aromatic heterocycles. The maximum atomic E-state index is 12.5. The van der Waals surface area contributed by atoms with Crippen LogP contribution in [0.15, 0.2) is 0 Å². The molecule has 0 radical (unpaired) electrons. The van der Waals surface area contributed by atoms with Crippen molar-refractivity contribution in [1.82, 2.24) is 14.7 Å². The third-order valence-electron chi connectivity index (χ3n) is 5.72. The number of ether oxygens (including phenoxy) is 2. The second-order valence-corrected chi connectivity index (χ2v) is 7.32. The highest BCUT2D eigenvalue weighted by molar-refractivity contribution is 5.78. The summed E-state index contributed by atoms with van der Waals surface area (Å²) in [6.07, 6.45) is 3.62. The van der Waals surface area contributed by atoms with E-state index < -0.39 is 0 Å². The minimum absolute atomic E-state index is 0.211. The zero-order valence-electron chi connectivity index (χ0n) is 15.3. The van der Waals surface area contributed by atoms with Crippen molar-refractivity contribution in [2.45, 2.75) is 31.7 Å². The average molecular weight is 353 g/mol. The Morgan fingerprint density at radius 3 is 2.80 bits per heavy atom. The van der Waals surface area contributed by atoms with E-state index in [-0.39, 0.29) is 11.8 Å². The maximum Gasteiger partial charge on any atom is 0.236 e. The Morgan fingerprint density at radius 2 is 2.04 bits per heavy atom. The first-order valence-corrected chi connectivity index (χ1v) is 9.55. The quantitative estimate of drug-likeness (QED) is 0.706. The van der Waals surface area contributed by atoms with Crippen LogP contribution in [0.5, 0.6) is 0 Å². The van der Waals surface area contributed by atoms with E-state index in [0.717, 1.165) is 32.4 Å². The van der Waals surface area contributed by atoms with Crippen LogP contribution in [0.3, 0.4) is 0 Å². The van der Waals surface area contributed by atoms with Crippen molar-refractivity contribution in [3.05, 3.63) is 0 Å². The van der Waals surface area contributed by atoms with Crippen molar-refractivity contribution in [3.8, 4) is 0 Å². The molecule has 0 saturated carbocycles. The van der Waals surface area contributed by atoms with Gasteiger partial charge in [-0.1, -0.05) is 0 Å². The summed E-state index contributed by atoms with van der Waals surface area (Å²) in [5, 5.41) is 0. The number of hydrogen-bond donors (Lipinski definition) is 0. The summed E-state index contributed by atoms with van der Waals surface area (Å²) in [4.78, 5) is 31.2. The number of hydrogen-bond acceptors (Lipinski definition) is 5. The van der Waals surface area contributed by atoms with Crippen molar-refractivity contribution in [1.29, 1.82) is 0 Å². The molecule has 3 aliphatic heterocycles. The Balaban J connectivity index is 1.56. The molecule has 0 N–H and O–H groups in total. The highest BCUT2D eigenvalue weighted by Crippen LogP contribution is 2.30. The zero-order chi connectivity index (χ0) is 17.6. The number of carbonyl (C=O) groups excluding carboxylic acids is 2. The van der Waals surface area contributed by atoms with Crippen LogP contribution in [0.25, 0.3) is 0 Å². The molecule has 3 aliphatic rings. The molecule has 0 unspecified atom stereocenters. The summed E-state index contributed by atoms with van der Waals surface area (Å²) in [5.41, 5.74) is 0. The molecule has 0 aliphatic carbocycles. The maximum absolute atomic E-state index is 12.5. The minimum Gasteiger partial charge on any atom is -0.383 e. The van der Waals surface area contributed by atoms with Gasteiger partial charge in [-0.15, -0.1) is 0 Å². The smallest absolute Gasteiger partial charge is 0.236 e. The summed E-state index contributed by atoms with van der Waals surface area (Å²) < 4.78 is 10.5. The van der Waals surface area contributed by atoms with Crippen LogP contribution in [0.1, 0.15) is 25.7 Å². The number of fused-ring (bicyclic) bond motifs is 1. The van der Waals surface area contributed by atoms with Gasteiger partial charge in [0, 0.05) is 52.3 Å². The van der Waals surface area contributed by atoms with Gasteiger partial charge in [-0.2, -0.15) is 0 Å². The van der Waals surface area contributed by atoms with E-state index in [1.54, 1.807) is 7.11 Å². The number of methoxy groups -OCH3 is 1. The van der Waals surface area contributed by atoms with Crippen LogP contribution in [-0.2, 0) is 19.1 Å². The molecule has 0 bridgehead atoms. The van der Waals surface area contributed by atoms with Gasteiger partial charge in [0.2, 0.25) is 11.8 Å². The van der Waals surface area contributed by atoms with Gasteiger partial charge in [0.25, 0.3) is 0 Å². The second-order valence-electron chi connectivity index (χ2n) is 7.32. The van der Waals surface area contributed by atoms with Crippen LogP contribution in [0, 0.1) is 5.92 Å². The lowest BCUT2D eigenvalue weighted by molar-refractivity contribution is -0.139. The first kappa shape index (κ1) is 18.6. The third-order valence-corrected chi connectivity index (χ3v) is 5.72. The highest BCUT2D eigenvalue weighted by Gasteiger charge is 2.37. The molecule has 3 saturated heterocycles. The molecule has 2 atom stereocenters. The molecular formula is C18H31N3O4. The normalized spacial score (nSPS) is 28.6. The Kier molecular flexibility index (Phi) is 6.67. The number of nitrogens with zero attached hydrogens (tertiary/aromatic N) is 3. The van der Waals surface area contributed by atoms with Crippen molar-refractivity contribution >= 4 is 11.8 Å². The lowest BCUT2D eigenvalue weighted by atomic mass is 9.88. The Labute approximate surface area is 150 Å². The summed E-state index contributed by atoms with van der Waals surface area (Å²) in [6.45, 7) is 6.27. The minimum atomic E-state index is 0.211. The molecule has 2 amide bonds. The number of piperidine rings is 1. The van der Waals surface area contributed by atoms with E-state index in [2.05, 4.69) is 4.90 Å². The Hall–Kier alpha value is -1.18. The molecule has 0 aromatic rings. The Morgan fingerprint density at radius 1 is 1.24 bits per heavy atom. The standard InChI is InChI=1S/C18H31N3O4/c1-24-10-9-21-16-5-6-19(13-15(16)3-2-4-17(21)22)14-18(23)20-7-11-25-12-8-20/h15-16H,2-14H2,1H3/t15-,16+/m0/s1. The summed E-state index contributed by atoms with van der Waals surface area (Å²) in [7, 11) is 1.68. The van der Waals surface area contributed by atoms with Crippen LogP contribution in [0.2, 0.25) is 0 Å². The van der Waals surface area contributed by atoms with Gasteiger partial charge < -0.3 is 19.3 Å². The fourth-order valence-electron chi connectivity index (χ4n) is 4.36. The largest absolute Gasteiger partial charge is 0.383 e. The number of rotatable bonds is 5. The second kappa shape index (κ2) is 8.96. The Bertz CT molecular complexity index is 467. The predicted molar refractivity (Wildman–Crippen MR) is 93.2 cm³/mol. The summed E-state index contributed by atoms with van der Waals surface area (Å²) in [6, 6.07) is 0.305. The molecule has 7 heteroatoms. The van der Waals surface area contributed by atoms with Gasteiger partial charge in [-0.3, -0.25) is 14.5 Å². The summed E-state index contributed by atoms with van der Waals surface area (Å²) in [5.74, 6) is 0.944. The molecule has 142 valence electrons. The molecular weight excluding hydrogens is 322 g/mol. The molecule has 25 heavy (non-hydrogen) atoms. The van der Waals surface area contributed by atoms with Crippen LogP contribution in [-0.4, -0.2) is 98.8 Å². The van der Waals surface area contributed by atoms with E-state index in [1.165, 1.54) is 0 Å². The molecule has 3 fully saturated rings. The predicted octanol–water partition coefficient (Wildman–Crippen LogP) is 0.195. The number of amides is 2. The first-order valence-electron chi connectivity index (χ1n) is 9.55. The van der Waals surface area contributed by atoms with E-state index in [0.29, 0.717) is 64.4 Å². The molecule has 3 heterocycles. The van der Waals surface area contributed by atoms with Crippen molar-refractivity contribution in [2.75, 3.05) is 66.2 Å². The van der Waals surface area contributed by atoms with E-state index in [9.17, 15) is 9.59 Å².